The summed E-state index contributed by atoms with van der Waals surface area (Å²) in [6, 6.07) is 19.0. The number of nitrogens with zero attached hydrogens (tertiary/aromatic N) is 1. The van der Waals surface area contributed by atoms with Crippen LogP contribution in [0.3, 0.4) is 0 Å². The van der Waals surface area contributed by atoms with Gasteiger partial charge in [-0.05, 0) is 31.4 Å². The summed E-state index contributed by atoms with van der Waals surface area (Å²) in [5, 5.41) is 0. The van der Waals surface area contributed by atoms with Crippen molar-refractivity contribution >= 4 is 12.0 Å². The highest BCUT2D eigenvalue weighted by atomic mass is 16.6. The van der Waals surface area contributed by atoms with Crippen LogP contribution in [-0.4, -0.2) is 22.5 Å². The molecule has 1 fully saturated rings. The summed E-state index contributed by atoms with van der Waals surface area (Å²) in [4.78, 5) is 26.8. The molecule has 2 aromatic rings. The average Bonchev–Trinajstić information content (AvgIpc) is 2.84. The first-order valence-corrected chi connectivity index (χ1v) is 8.55. The predicted molar refractivity (Wildman–Crippen MR) is 95.9 cm³/mol. The molecule has 0 spiro atoms. The fourth-order valence-electron chi connectivity index (χ4n) is 3.44. The van der Waals surface area contributed by atoms with Gasteiger partial charge in [0.1, 0.15) is 11.6 Å². The number of hydrogen-bond donors (Lipinski definition) is 0. The normalized spacial score (nSPS) is 20.2. The fraction of sp³-hybridized carbons (Fsp3) is 0.333. The summed E-state index contributed by atoms with van der Waals surface area (Å²) < 4.78 is 5.52. The Morgan fingerprint density at radius 3 is 2.24 bits per heavy atom. The minimum atomic E-state index is -0.763. The zero-order chi connectivity index (χ0) is 18.0. The van der Waals surface area contributed by atoms with Crippen LogP contribution in [0.5, 0.6) is 0 Å². The van der Waals surface area contributed by atoms with Crippen LogP contribution in [0.25, 0.3) is 0 Å². The smallest absolute Gasteiger partial charge is 0.417 e. The SMILES string of the molecule is C[C@@H](Cc1ccccc1)C(=O)N1C(=O)OC(C)(C)[C@H]1c1ccccc1. The maximum Gasteiger partial charge on any atom is 0.417 e. The van der Waals surface area contributed by atoms with Crippen molar-refractivity contribution < 1.29 is 14.3 Å². The van der Waals surface area contributed by atoms with Crippen molar-refractivity contribution in [3.63, 3.8) is 0 Å². The third-order valence-corrected chi connectivity index (χ3v) is 4.62. The molecule has 2 amide bonds. The van der Waals surface area contributed by atoms with E-state index in [4.69, 9.17) is 4.74 Å². The standard InChI is InChI=1S/C21H23NO3/c1-15(14-16-10-6-4-7-11-16)19(23)22-18(17-12-8-5-9-13-17)21(2,3)25-20(22)24/h4-13,15,18H,14H2,1-3H3/t15-,18+/m0/s1. The Labute approximate surface area is 148 Å². The Kier molecular flexibility index (Phi) is 4.62. The molecule has 4 heteroatoms. The van der Waals surface area contributed by atoms with Crippen molar-refractivity contribution in [2.75, 3.05) is 0 Å². The summed E-state index contributed by atoms with van der Waals surface area (Å²) in [6.07, 6.45) is 0.0227. The van der Waals surface area contributed by atoms with Gasteiger partial charge in [0.15, 0.2) is 0 Å². The number of hydrogen-bond acceptors (Lipinski definition) is 3. The molecule has 3 rings (SSSR count). The molecular weight excluding hydrogens is 314 g/mol. The number of cyclic esters (lactones) is 1. The second-order valence-electron chi connectivity index (χ2n) is 7.08. The van der Waals surface area contributed by atoms with Gasteiger partial charge in [0, 0.05) is 5.92 Å². The van der Waals surface area contributed by atoms with Gasteiger partial charge in [0.05, 0.1) is 0 Å². The zero-order valence-corrected chi connectivity index (χ0v) is 14.8. The van der Waals surface area contributed by atoms with E-state index in [1.54, 1.807) is 0 Å². The summed E-state index contributed by atoms with van der Waals surface area (Å²) in [7, 11) is 0. The second kappa shape index (κ2) is 6.71. The Balaban J connectivity index is 1.87. The van der Waals surface area contributed by atoms with E-state index in [0.29, 0.717) is 6.42 Å². The molecule has 2 aromatic carbocycles. The highest BCUT2D eigenvalue weighted by Gasteiger charge is 2.51. The van der Waals surface area contributed by atoms with Gasteiger partial charge in [-0.2, -0.15) is 0 Å². The van der Waals surface area contributed by atoms with E-state index < -0.39 is 17.7 Å². The molecule has 2 atom stereocenters. The molecule has 0 aromatic heterocycles. The van der Waals surface area contributed by atoms with Crippen molar-refractivity contribution in [1.29, 1.82) is 0 Å². The van der Waals surface area contributed by atoms with E-state index in [-0.39, 0.29) is 11.8 Å². The average molecular weight is 337 g/mol. The lowest BCUT2D eigenvalue weighted by Gasteiger charge is -2.29. The molecule has 4 nitrogen and oxygen atoms in total. The van der Waals surface area contributed by atoms with Gasteiger partial charge in [0.25, 0.3) is 0 Å². The zero-order valence-electron chi connectivity index (χ0n) is 14.8. The van der Waals surface area contributed by atoms with Gasteiger partial charge < -0.3 is 4.74 Å². The van der Waals surface area contributed by atoms with Crippen molar-refractivity contribution in [2.24, 2.45) is 5.92 Å². The molecule has 0 saturated carbocycles. The van der Waals surface area contributed by atoms with Crippen molar-refractivity contribution in [1.82, 2.24) is 4.90 Å². The molecule has 0 radical (unpaired) electrons. The van der Waals surface area contributed by atoms with Gasteiger partial charge in [-0.15, -0.1) is 0 Å². The molecule has 1 aliphatic heterocycles. The minimum absolute atomic E-state index is 0.201. The molecule has 1 heterocycles. The van der Waals surface area contributed by atoms with Crippen LogP contribution in [0.15, 0.2) is 60.7 Å². The van der Waals surface area contributed by atoms with E-state index >= 15 is 0 Å². The summed E-state index contributed by atoms with van der Waals surface area (Å²) in [5.41, 5.74) is 1.21. The molecule has 1 saturated heterocycles. The molecular formula is C21H23NO3. The Hall–Kier alpha value is -2.62. The lowest BCUT2D eigenvalue weighted by Crippen LogP contribution is -2.41. The van der Waals surface area contributed by atoms with Gasteiger partial charge in [0.2, 0.25) is 5.91 Å². The van der Waals surface area contributed by atoms with Crippen LogP contribution >= 0.6 is 0 Å². The van der Waals surface area contributed by atoms with E-state index in [9.17, 15) is 9.59 Å². The van der Waals surface area contributed by atoms with Crippen LogP contribution in [0.4, 0.5) is 4.79 Å². The number of carbonyl (C=O) groups is 2. The lowest BCUT2D eigenvalue weighted by atomic mass is 9.90. The van der Waals surface area contributed by atoms with Crippen LogP contribution < -0.4 is 0 Å². The first kappa shape index (κ1) is 17.2. The quantitative estimate of drug-likeness (QED) is 0.832. The van der Waals surface area contributed by atoms with Gasteiger partial charge in [-0.1, -0.05) is 67.6 Å². The molecule has 0 unspecified atom stereocenters. The number of amides is 2. The van der Waals surface area contributed by atoms with Crippen molar-refractivity contribution in [3.05, 3.63) is 71.8 Å². The molecule has 0 bridgehead atoms. The first-order valence-electron chi connectivity index (χ1n) is 8.55. The minimum Gasteiger partial charge on any atom is -0.440 e. The topological polar surface area (TPSA) is 46.6 Å². The maximum atomic E-state index is 13.1. The van der Waals surface area contributed by atoms with Gasteiger partial charge >= 0.3 is 6.09 Å². The number of ether oxygens (including phenoxy) is 1. The Bertz CT molecular complexity index is 755. The monoisotopic (exact) mass is 337 g/mol. The van der Waals surface area contributed by atoms with Crippen LogP contribution in [0.1, 0.15) is 37.9 Å². The summed E-state index contributed by atoms with van der Waals surface area (Å²) in [6.45, 7) is 5.55. The molecule has 130 valence electrons. The number of carbonyl (C=O) groups excluding carboxylic acids is 2. The summed E-state index contributed by atoms with van der Waals surface area (Å²) >= 11 is 0. The van der Waals surface area contributed by atoms with Crippen LogP contribution in [0, 0.1) is 5.92 Å². The Morgan fingerprint density at radius 2 is 1.64 bits per heavy atom. The largest absolute Gasteiger partial charge is 0.440 e. The third-order valence-electron chi connectivity index (χ3n) is 4.62. The number of rotatable bonds is 4. The highest BCUT2D eigenvalue weighted by molar-refractivity contribution is 5.95. The Morgan fingerprint density at radius 1 is 1.08 bits per heavy atom. The summed E-state index contributed by atoms with van der Waals surface area (Å²) in [5.74, 6) is -0.511. The molecule has 25 heavy (non-hydrogen) atoms. The first-order chi connectivity index (χ1) is 11.9. The van der Waals surface area contributed by atoms with Crippen LogP contribution in [0.2, 0.25) is 0 Å². The van der Waals surface area contributed by atoms with Gasteiger partial charge in [-0.3, -0.25) is 4.79 Å². The second-order valence-corrected chi connectivity index (χ2v) is 7.08. The molecule has 0 aliphatic carbocycles. The van der Waals surface area contributed by atoms with Crippen molar-refractivity contribution in [2.45, 2.75) is 38.8 Å². The predicted octanol–water partition coefficient (Wildman–Crippen LogP) is 4.36. The van der Waals surface area contributed by atoms with Gasteiger partial charge in [-0.25, -0.2) is 9.69 Å². The third kappa shape index (κ3) is 3.43. The fourth-order valence-corrected chi connectivity index (χ4v) is 3.44. The van der Waals surface area contributed by atoms with E-state index in [1.807, 2.05) is 81.4 Å². The number of imide groups is 1. The van der Waals surface area contributed by atoms with E-state index in [1.165, 1.54) is 4.90 Å². The van der Waals surface area contributed by atoms with Crippen LogP contribution in [-0.2, 0) is 16.0 Å². The molecule has 1 aliphatic rings. The van der Waals surface area contributed by atoms with Crippen molar-refractivity contribution in [3.8, 4) is 0 Å². The highest BCUT2D eigenvalue weighted by Crippen LogP contribution is 2.41. The lowest BCUT2D eigenvalue weighted by molar-refractivity contribution is -0.133. The van der Waals surface area contributed by atoms with E-state index in [2.05, 4.69) is 0 Å². The maximum absolute atomic E-state index is 13.1. The molecule has 0 N–H and O–H groups in total. The number of benzene rings is 2. The van der Waals surface area contributed by atoms with E-state index in [0.717, 1.165) is 11.1 Å².